The van der Waals surface area contributed by atoms with E-state index in [1.165, 1.54) is 19.4 Å². The zero-order chi connectivity index (χ0) is 7.40. The molecule has 0 aromatic rings. The summed E-state index contributed by atoms with van der Waals surface area (Å²) in [4.78, 5) is 2.38. The molecule has 0 amide bonds. The van der Waals surface area contributed by atoms with Crippen molar-refractivity contribution >= 4 is 0 Å². The average molecular weight is 159 g/mol. The molecule has 68 valence electrons. The van der Waals surface area contributed by atoms with Crippen molar-refractivity contribution in [2.45, 2.75) is 33.2 Å². The number of rotatable bonds is 3. The molecule has 0 saturated carbocycles. The zero-order valence-corrected chi connectivity index (χ0v) is 6.97. The largest absolute Gasteiger partial charge is 0.380 e. The van der Waals surface area contributed by atoms with Crippen LogP contribution in [0.2, 0.25) is 0 Å². The minimum Gasteiger partial charge on any atom is -0.380 e. The Labute approximate surface area is 70.5 Å². The van der Waals surface area contributed by atoms with Gasteiger partial charge in [-0.15, -0.1) is 0 Å². The number of likely N-dealkylation sites (N-methyl/N-ethyl adjacent to an activating group) is 1. The van der Waals surface area contributed by atoms with Crippen LogP contribution in [0, 0.1) is 0 Å². The molecule has 1 aliphatic rings. The number of likely N-dealkylation sites (tertiary alicyclic amines) is 1. The van der Waals surface area contributed by atoms with E-state index in [2.05, 4.69) is 18.9 Å². The minimum absolute atomic E-state index is 0. The van der Waals surface area contributed by atoms with Gasteiger partial charge in [0, 0.05) is 12.6 Å². The molecule has 1 aliphatic heterocycles. The van der Waals surface area contributed by atoms with Crippen molar-refractivity contribution in [2.24, 2.45) is 0 Å². The third-order valence-corrected chi connectivity index (χ3v) is 2.19. The molecule has 1 saturated heterocycles. The normalized spacial score (nSPS) is 25.1. The molecular weight excluding hydrogens is 138 g/mol. The summed E-state index contributed by atoms with van der Waals surface area (Å²) in [6, 6.07) is 0.694. The molecule has 0 N–H and O–H groups in total. The maximum atomic E-state index is 5.35. The molecule has 0 aromatic heterocycles. The third kappa shape index (κ3) is 3.21. The van der Waals surface area contributed by atoms with E-state index in [9.17, 15) is 0 Å². The molecule has 2 heteroatoms. The lowest BCUT2D eigenvalue weighted by molar-refractivity contribution is 0.0950. The maximum absolute atomic E-state index is 5.35. The second-order valence-electron chi connectivity index (χ2n) is 2.94. The number of nitrogens with zero attached hydrogens (tertiary/aromatic N) is 1. The van der Waals surface area contributed by atoms with Gasteiger partial charge < -0.3 is 9.64 Å². The molecule has 1 heterocycles. The van der Waals surface area contributed by atoms with E-state index in [0.717, 1.165) is 13.2 Å². The molecule has 0 aliphatic carbocycles. The highest BCUT2D eigenvalue weighted by molar-refractivity contribution is 4.75. The van der Waals surface area contributed by atoms with Crippen LogP contribution in [0.1, 0.15) is 27.2 Å². The van der Waals surface area contributed by atoms with Gasteiger partial charge in [0.15, 0.2) is 0 Å². The van der Waals surface area contributed by atoms with Crippen LogP contribution in [0.5, 0.6) is 0 Å². The Morgan fingerprint density at radius 1 is 1.55 bits per heavy atom. The molecule has 0 spiro atoms. The third-order valence-electron chi connectivity index (χ3n) is 2.19. The Kier molecular flexibility index (Phi) is 5.51. The Hall–Kier alpha value is -0.0800. The van der Waals surface area contributed by atoms with Crippen molar-refractivity contribution in [3.63, 3.8) is 0 Å². The van der Waals surface area contributed by atoms with Crippen LogP contribution in [0.3, 0.4) is 0 Å². The highest BCUT2D eigenvalue weighted by Crippen LogP contribution is 2.14. The summed E-state index contributed by atoms with van der Waals surface area (Å²) in [5.74, 6) is 0. The van der Waals surface area contributed by atoms with Gasteiger partial charge in [-0.25, -0.2) is 0 Å². The van der Waals surface area contributed by atoms with Crippen LogP contribution in [-0.2, 0) is 4.74 Å². The predicted octanol–water partition coefficient (Wildman–Crippen LogP) is 1.75. The summed E-state index contributed by atoms with van der Waals surface area (Å²) < 4.78 is 5.35. The van der Waals surface area contributed by atoms with Gasteiger partial charge in [-0.05, 0) is 33.4 Å². The molecule has 0 radical (unpaired) electrons. The SMILES string of the molecule is C.CCOCC1CCCN1C. The lowest BCUT2D eigenvalue weighted by atomic mass is 10.2. The molecule has 1 unspecified atom stereocenters. The number of hydrogen-bond acceptors (Lipinski definition) is 2. The summed E-state index contributed by atoms with van der Waals surface area (Å²) in [6.07, 6.45) is 2.66. The second kappa shape index (κ2) is 5.56. The van der Waals surface area contributed by atoms with Gasteiger partial charge in [0.05, 0.1) is 6.61 Å². The van der Waals surface area contributed by atoms with Gasteiger partial charge >= 0.3 is 0 Å². The first kappa shape index (κ1) is 10.9. The highest BCUT2D eigenvalue weighted by Gasteiger charge is 2.19. The van der Waals surface area contributed by atoms with Gasteiger partial charge in [0.2, 0.25) is 0 Å². The van der Waals surface area contributed by atoms with Crippen molar-refractivity contribution in [3.8, 4) is 0 Å². The second-order valence-corrected chi connectivity index (χ2v) is 2.94. The van der Waals surface area contributed by atoms with Crippen LogP contribution in [0.4, 0.5) is 0 Å². The minimum atomic E-state index is 0. The molecule has 1 atom stereocenters. The fourth-order valence-corrected chi connectivity index (χ4v) is 1.44. The monoisotopic (exact) mass is 159 g/mol. The molecule has 0 bridgehead atoms. The lowest BCUT2D eigenvalue weighted by Crippen LogP contribution is -2.29. The van der Waals surface area contributed by atoms with E-state index in [-0.39, 0.29) is 7.43 Å². The fraction of sp³-hybridized carbons (Fsp3) is 1.00. The van der Waals surface area contributed by atoms with Crippen molar-refractivity contribution in [3.05, 3.63) is 0 Å². The molecule has 1 rings (SSSR count). The molecule has 11 heavy (non-hydrogen) atoms. The zero-order valence-electron chi connectivity index (χ0n) is 6.97. The fourth-order valence-electron chi connectivity index (χ4n) is 1.44. The average Bonchev–Trinajstić information content (AvgIpc) is 2.31. The van der Waals surface area contributed by atoms with Gasteiger partial charge in [0.25, 0.3) is 0 Å². The molecule has 0 aromatic carbocycles. The summed E-state index contributed by atoms with van der Waals surface area (Å²) in [5, 5.41) is 0. The Bertz CT molecular complexity index is 95.6. The van der Waals surface area contributed by atoms with Gasteiger partial charge in [-0.2, -0.15) is 0 Å². The van der Waals surface area contributed by atoms with Gasteiger partial charge in [-0.1, -0.05) is 7.43 Å². The van der Waals surface area contributed by atoms with Gasteiger partial charge in [0.1, 0.15) is 0 Å². The molecular formula is C9H21NO. The highest BCUT2D eigenvalue weighted by atomic mass is 16.5. The predicted molar refractivity (Wildman–Crippen MR) is 48.9 cm³/mol. The lowest BCUT2D eigenvalue weighted by Gasteiger charge is -2.18. The van der Waals surface area contributed by atoms with E-state index in [1.54, 1.807) is 0 Å². The van der Waals surface area contributed by atoms with E-state index in [1.807, 2.05) is 0 Å². The summed E-state index contributed by atoms with van der Waals surface area (Å²) in [6.45, 7) is 5.07. The van der Waals surface area contributed by atoms with E-state index < -0.39 is 0 Å². The van der Waals surface area contributed by atoms with E-state index in [4.69, 9.17) is 4.74 Å². The summed E-state index contributed by atoms with van der Waals surface area (Å²) in [7, 11) is 2.18. The van der Waals surface area contributed by atoms with Crippen LogP contribution in [0.25, 0.3) is 0 Å². The van der Waals surface area contributed by atoms with Crippen LogP contribution in [0.15, 0.2) is 0 Å². The van der Waals surface area contributed by atoms with Crippen LogP contribution < -0.4 is 0 Å². The molecule has 1 fully saturated rings. The first-order valence-corrected chi connectivity index (χ1v) is 4.12. The summed E-state index contributed by atoms with van der Waals surface area (Å²) >= 11 is 0. The van der Waals surface area contributed by atoms with Crippen molar-refractivity contribution in [1.29, 1.82) is 0 Å². The Balaban J connectivity index is 0.000001000. The Morgan fingerprint density at radius 3 is 2.73 bits per heavy atom. The van der Waals surface area contributed by atoms with Crippen molar-refractivity contribution in [1.82, 2.24) is 4.90 Å². The number of ether oxygens (including phenoxy) is 1. The summed E-state index contributed by atoms with van der Waals surface area (Å²) in [5.41, 5.74) is 0. The van der Waals surface area contributed by atoms with E-state index in [0.29, 0.717) is 6.04 Å². The van der Waals surface area contributed by atoms with Gasteiger partial charge in [-0.3, -0.25) is 0 Å². The number of hydrogen-bond donors (Lipinski definition) is 0. The molecule has 2 nitrogen and oxygen atoms in total. The van der Waals surface area contributed by atoms with Crippen molar-refractivity contribution < 1.29 is 4.74 Å². The first-order chi connectivity index (χ1) is 4.84. The van der Waals surface area contributed by atoms with Crippen LogP contribution >= 0.6 is 0 Å². The van der Waals surface area contributed by atoms with Crippen LogP contribution in [-0.4, -0.2) is 37.7 Å². The maximum Gasteiger partial charge on any atom is 0.0621 e. The standard InChI is InChI=1S/C8H17NO.CH4/c1-3-10-7-8-5-4-6-9(8)2;/h8H,3-7H2,1-2H3;1H4. The topological polar surface area (TPSA) is 12.5 Å². The first-order valence-electron chi connectivity index (χ1n) is 4.12. The van der Waals surface area contributed by atoms with Crippen molar-refractivity contribution in [2.75, 3.05) is 26.8 Å². The van der Waals surface area contributed by atoms with E-state index >= 15 is 0 Å². The quantitative estimate of drug-likeness (QED) is 0.622. The smallest absolute Gasteiger partial charge is 0.0621 e. The Morgan fingerprint density at radius 2 is 2.27 bits per heavy atom.